The Morgan fingerprint density at radius 1 is 0.886 bits per heavy atom. The number of aliphatic hydroxyl groups excluding tert-OH is 1. The Balaban J connectivity index is 5.60. The largest absolute Gasteiger partial charge is 0.480 e. The van der Waals surface area contributed by atoms with Gasteiger partial charge in [-0.1, -0.05) is 0 Å². The lowest BCUT2D eigenvalue weighted by atomic mass is 10.1. The summed E-state index contributed by atoms with van der Waals surface area (Å²) in [5.74, 6) is -4.09. The van der Waals surface area contributed by atoms with Crippen LogP contribution in [0.25, 0.3) is 0 Å². The number of carbonyl (C=O) groups is 5. The Hall–Kier alpha value is -3.11. The van der Waals surface area contributed by atoms with Gasteiger partial charge < -0.3 is 49.1 Å². The lowest BCUT2D eigenvalue weighted by Crippen LogP contribution is -2.57. The number of aliphatic imine (C=N–C) groups is 1. The van der Waals surface area contributed by atoms with Crippen LogP contribution in [0.5, 0.6) is 0 Å². The summed E-state index contributed by atoms with van der Waals surface area (Å²) in [5.41, 5.74) is 21.2. The molecule has 0 fully saturated rings. The highest BCUT2D eigenvalue weighted by Gasteiger charge is 2.30. The third kappa shape index (κ3) is 14.0. The van der Waals surface area contributed by atoms with Gasteiger partial charge in [-0.2, -0.15) is 11.8 Å². The zero-order chi connectivity index (χ0) is 27.0. The number of nitrogens with one attached hydrogen (secondary N) is 3. The van der Waals surface area contributed by atoms with Crippen LogP contribution in [0.4, 0.5) is 0 Å². The van der Waals surface area contributed by atoms with E-state index < -0.39 is 60.4 Å². The van der Waals surface area contributed by atoms with Crippen LogP contribution in [0.2, 0.25) is 0 Å². The van der Waals surface area contributed by atoms with E-state index in [1.807, 2.05) is 0 Å². The fourth-order valence-electron chi connectivity index (χ4n) is 2.73. The van der Waals surface area contributed by atoms with Gasteiger partial charge >= 0.3 is 5.97 Å². The molecular weight excluding hydrogens is 484 g/mol. The summed E-state index contributed by atoms with van der Waals surface area (Å²) < 4.78 is 0. The van der Waals surface area contributed by atoms with E-state index in [9.17, 15) is 29.1 Å². The summed E-state index contributed by atoms with van der Waals surface area (Å²) in [5, 5.41) is 25.6. The number of nitrogens with two attached hydrogens (primary N) is 4. The van der Waals surface area contributed by atoms with Crippen LogP contribution in [-0.2, 0) is 24.0 Å². The van der Waals surface area contributed by atoms with Crippen molar-refractivity contribution in [3.05, 3.63) is 0 Å². The SMILES string of the molecule is CSCCC(NC(=O)C(CCCN=C(N)N)NC(=O)C(CCC(N)=O)NC(=O)C(N)CO)C(=O)O. The molecule has 0 aliphatic heterocycles. The van der Waals surface area contributed by atoms with E-state index in [0.29, 0.717) is 5.75 Å². The zero-order valence-corrected chi connectivity index (χ0v) is 20.4. The topological polar surface area (TPSA) is 278 Å². The number of guanidine groups is 1. The summed E-state index contributed by atoms with van der Waals surface area (Å²) >= 11 is 1.41. The lowest BCUT2D eigenvalue weighted by molar-refractivity contribution is -0.142. The molecule has 0 saturated carbocycles. The molecular formula is C19H36N8O7S. The number of rotatable bonds is 18. The molecule has 15 nitrogen and oxygen atoms in total. The molecule has 0 aliphatic rings. The molecule has 35 heavy (non-hydrogen) atoms. The third-order valence-corrected chi connectivity index (χ3v) is 5.29. The zero-order valence-electron chi connectivity index (χ0n) is 19.6. The van der Waals surface area contributed by atoms with E-state index in [1.54, 1.807) is 6.26 Å². The minimum Gasteiger partial charge on any atom is -0.480 e. The number of carbonyl (C=O) groups excluding carboxylic acids is 4. The lowest BCUT2D eigenvalue weighted by Gasteiger charge is -2.25. The van der Waals surface area contributed by atoms with Gasteiger partial charge in [-0.15, -0.1) is 0 Å². The maximum absolute atomic E-state index is 12.9. The Labute approximate surface area is 207 Å². The van der Waals surface area contributed by atoms with Crippen molar-refractivity contribution in [2.24, 2.45) is 27.9 Å². The molecule has 0 radical (unpaired) electrons. The Bertz CT molecular complexity index is 763. The summed E-state index contributed by atoms with van der Waals surface area (Å²) in [4.78, 5) is 64.3. The van der Waals surface area contributed by atoms with Gasteiger partial charge in [0.15, 0.2) is 5.96 Å². The van der Waals surface area contributed by atoms with E-state index in [2.05, 4.69) is 20.9 Å². The molecule has 200 valence electrons. The minimum atomic E-state index is -1.31. The number of aliphatic carboxylic acids is 1. The van der Waals surface area contributed by atoms with E-state index in [0.717, 1.165) is 0 Å². The number of carboxylic acids is 1. The first-order valence-corrected chi connectivity index (χ1v) is 12.1. The second kappa shape index (κ2) is 17.3. The van der Waals surface area contributed by atoms with Crippen LogP contribution in [0.1, 0.15) is 32.1 Å². The van der Waals surface area contributed by atoms with Gasteiger partial charge in [0.1, 0.15) is 24.2 Å². The molecule has 16 heteroatoms. The third-order valence-electron chi connectivity index (χ3n) is 4.65. The summed E-state index contributed by atoms with van der Waals surface area (Å²) in [6.45, 7) is -0.539. The molecule has 4 amide bonds. The van der Waals surface area contributed by atoms with Crippen molar-refractivity contribution < 1.29 is 34.2 Å². The number of nitrogens with zero attached hydrogens (tertiary/aromatic N) is 1. The van der Waals surface area contributed by atoms with Crippen molar-refractivity contribution in [1.82, 2.24) is 16.0 Å². The van der Waals surface area contributed by atoms with Crippen LogP contribution in [0, 0.1) is 0 Å². The second-order valence-corrected chi connectivity index (χ2v) is 8.53. The quantitative estimate of drug-likeness (QED) is 0.0475. The molecule has 0 spiro atoms. The second-order valence-electron chi connectivity index (χ2n) is 7.55. The average molecular weight is 521 g/mol. The van der Waals surface area contributed by atoms with Gasteiger partial charge in [0, 0.05) is 13.0 Å². The predicted octanol–water partition coefficient (Wildman–Crippen LogP) is -4.08. The highest BCUT2D eigenvalue weighted by atomic mass is 32.2. The molecule has 4 unspecified atom stereocenters. The number of carboxylic acid groups (broad SMARTS) is 1. The van der Waals surface area contributed by atoms with Crippen molar-refractivity contribution in [2.45, 2.75) is 56.3 Å². The highest BCUT2D eigenvalue weighted by Crippen LogP contribution is 2.06. The monoisotopic (exact) mass is 520 g/mol. The van der Waals surface area contributed by atoms with Crippen LogP contribution >= 0.6 is 11.8 Å². The first-order valence-electron chi connectivity index (χ1n) is 10.8. The van der Waals surface area contributed by atoms with Crippen molar-refractivity contribution in [1.29, 1.82) is 0 Å². The Kier molecular flexibility index (Phi) is 15.8. The van der Waals surface area contributed by atoms with Gasteiger partial charge in [0.05, 0.1) is 6.61 Å². The molecule has 0 bridgehead atoms. The highest BCUT2D eigenvalue weighted by molar-refractivity contribution is 7.98. The molecule has 0 aromatic carbocycles. The van der Waals surface area contributed by atoms with Crippen molar-refractivity contribution in [3.8, 4) is 0 Å². The van der Waals surface area contributed by atoms with Crippen molar-refractivity contribution >= 4 is 47.3 Å². The van der Waals surface area contributed by atoms with E-state index >= 15 is 0 Å². The minimum absolute atomic E-state index is 0.0376. The van der Waals surface area contributed by atoms with Gasteiger partial charge in [-0.3, -0.25) is 24.2 Å². The summed E-state index contributed by atoms with van der Waals surface area (Å²) in [6.07, 6.45) is 1.79. The van der Waals surface area contributed by atoms with Crippen molar-refractivity contribution in [2.75, 3.05) is 25.2 Å². The standard InChI is InChI=1S/C19H36N8O7S/c1-35-8-6-13(18(33)34)27-16(31)11(3-2-7-24-19(22)23)26-17(32)12(4-5-14(21)29)25-15(30)10(20)9-28/h10-13,28H,2-9,20H2,1H3,(H2,21,29)(H,25,30)(H,26,32)(H,27,31)(H,33,34)(H4,22,23,24). The number of primary amides is 1. The van der Waals surface area contributed by atoms with Gasteiger partial charge in [0.2, 0.25) is 23.6 Å². The maximum atomic E-state index is 12.9. The molecule has 0 heterocycles. The van der Waals surface area contributed by atoms with E-state index in [-0.39, 0.29) is 44.6 Å². The smallest absolute Gasteiger partial charge is 0.326 e. The van der Waals surface area contributed by atoms with Crippen molar-refractivity contribution in [3.63, 3.8) is 0 Å². The average Bonchev–Trinajstić information content (AvgIpc) is 2.79. The van der Waals surface area contributed by atoms with Crippen LogP contribution in [0.15, 0.2) is 4.99 Å². The van der Waals surface area contributed by atoms with E-state index in [4.69, 9.17) is 28.0 Å². The molecule has 4 atom stereocenters. The number of aliphatic hydroxyl groups is 1. The first kappa shape index (κ1) is 31.9. The number of hydrogen-bond donors (Lipinski definition) is 9. The van der Waals surface area contributed by atoms with Crippen LogP contribution in [0.3, 0.4) is 0 Å². The Morgan fingerprint density at radius 3 is 1.91 bits per heavy atom. The number of hydrogen-bond acceptors (Lipinski definition) is 9. The summed E-state index contributed by atoms with van der Waals surface area (Å²) in [6, 6.07) is -5.00. The number of amides is 4. The maximum Gasteiger partial charge on any atom is 0.326 e. The van der Waals surface area contributed by atoms with Gasteiger partial charge in [-0.25, -0.2) is 4.79 Å². The van der Waals surface area contributed by atoms with Crippen LogP contribution in [-0.4, -0.2) is 95.1 Å². The first-order chi connectivity index (χ1) is 16.4. The normalized spacial score (nSPS) is 14.0. The summed E-state index contributed by atoms with van der Waals surface area (Å²) in [7, 11) is 0. The molecule has 0 aliphatic carbocycles. The molecule has 0 saturated heterocycles. The molecule has 0 aromatic rings. The Morgan fingerprint density at radius 2 is 1.43 bits per heavy atom. The van der Waals surface area contributed by atoms with Gasteiger partial charge in [0.25, 0.3) is 0 Å². The fraction of sp³-hybridized carbons (Fsp3) is 0.684. The van der Waals surface area contributed by atoms with Gasteiger partial charge in [-0.05, 0) is 37.7 Å². The number of thioether (sulfide) groups is 1. The fourth-order valence-corrected chi connectivity index (χ4v) is 3.20. The van der Waals surface area contributed by atoms with E-state index in [1.165, 1.54) is 11.8 Å². The van der Waals surface area contributed by atoms with Crippen LogP contribution < -0.4 is 38.9 Å². The molecule has 13 N–H and O–H groups in total. The molecule has 0 rings (SSSR count). The molecule has 0 aromatic heterocycles. The predicted molar refractivity (Wildman–Crippen MR) is 130 cm³/mol.